The van der Waals surface area contributed by atoms with E-state index in [1.54, 1.807) is 6.92 Å². The van der Waals surface area contributed by atoms with Crippen LogP contribution < -0.4 is 10.6 Å². The zero-order valence-corrected chi connectivity index (χ0v) is 13.4. The van der Waals surface area contributed by atoms with Gasteiger partial charge in [0.1, 0.15) is 11.9 Å². The summed E-state index contributed by atoms with van der Waals surface area (Å²) in [5.74, 6) is -1.14. The van der Waals surface area contributed by atoms with Crippen LogP contribution in [0.4, 0.5) is 10.1 Å². The minimum absolute atomic E-state index is 0.238. The molecule has 1 rings (SSSR count). The molecule has 1 aromatic rings. The summed E-state index contributed by atoms with van der Waals surface area (Å²) in [6.07, 6.45) is 0.490. The molecule has 0 bridgehead atoms. The summed E-state index contributed by atoms with van der Waals surface area (Å²) in [6.45, 7) is 5.47. The Morgan fingerprint density at radius 1 is 1.23 bits per heavy atom. The molecule has 0 fully saturated rings. The first kappa shape index (κ1) is 18.1. The van der Waals surface area contributed by atoms with E-state index in [1.807, 2.05) is 13.8 Å². The van der Waals surface area contributed by atoms with Gasteiger partial charge in [0.25, 0.3) is 0 Å². The predicted molar refractivity (Wildman–Crippen MR) is 82.8 cm³/mol. The van der Waals surface area contributed by atoms with Crippen molar-refractivity contribution in [3.63, 3.8) is 0 Å². The lowest BCUT2D eigenvalue weighted by Gasteiger charge is -2.30. The topological polar surface area (TPSA) is 72.6 Å². The molecule has 0 unspecified atom stereocenters. The van der Waals surface area contributed by atoms with E-state index < -0.39 is 29.8 Å². The average molecular weight is 310 g/mol. The largest absolute Gasteiger partial charge is 0.467 e. The van der Waals surface area contributed by atoms with Gasteiger partial charge in [0, 0.05) is 5.69 Å². The monoisotopic (exact) mass is 310 g/mol. The van der Waals surface area contributed by atoms with Crippen LogP contribution in [0, 0.1) is 11.7 Å². The second-order valence-corrected chi connectivity index (χ2v) is 5.62. The van der Waals surface area contributed by atoms with Crippen LogP contribution in [0.1, 0.15) is 27.2 Å². The molecule has 0 aromatic heterocycles. The van der Waals surface area contributed by atoms with Gasteiger partial charge in [-0.2, -0.15) is 0 Å². The third-order valence-corrected chi connectivity index (χ3v) is 3.31. The number of carbonyl (C=O) groups excluding carboxylic acids is 2. The fourth-order valence-electron chi connectivity index (χ4n) is 2.21. The molecule has 0 saturated heterocycles. The first-order valence-corrected chi connectivity index (χ1v) is 7.20. The van der Waals surface area contributed by atoms with Crippen molar-refractivity contribution in [3.8, 4) is 0 Å². The molecule has 0 spiro atoms. The highest BCUT2D eigenvalue weighted by molar-refractivity contribution is 6.02. The summed E-state index contributed by atoms with van der Waals surface area (Å²) < 4.78 is 17.8. The molecule has 0 aliphatic rings. The number of benzene rings is 1. The summed E-state index contributed by atoms with van der Waals surface area (Å²) in [7, 11) is 1.25. The van der Waals surface area contributed by atoms with E-state index in [0.717, 1.165) is 0 Å². The molecule has 2 N–H and O–H groups in total. The normalized spacial score (nSPS) is 13.6. The minimum Gasteiger partial charge on any atom is -0.467 e. The molecule has 0 aliphatic heterocycles. The quantitative estimate of drug-likeness (QED) is 0.817. The lowest BCUT2D eigenvalue weighted by atomic mass is 10.0. The summed E-state index contributed by atoms with van der Waals surface area (Å²) in [4.78, 5) is 25.7. The maximum Gasteiger partial charge on any atom is 0.328 e. The number of ether oxygens (including phenoxy) is 1. The van der Waals surface area contributed by atoms with Gasteiger partial charge in [-0.1, -0.05) is 13.8 Å². The molecule has 0 heterocycles. The van der Waals surface area contributed by atoms with Gasteiger partial charge in [-0.15, -0.1) is 0 Å². The third kappa shape index (κ3) is 4.53. The predicted octanol–water partition coefficient (Wildman–Crippen LogP) is 2.09. The molecule has 0 radical (unpaired) electrons. The highest BCUT2D eigenvalue weighted by atomic mass is 19.1. The molecule has 6 heteroatoms. The number of esters is 1. The molecule has 2 atom stereocenters. The average Bonchev–Trinajstić information content (AvgIpc) is 2.47. The van der Waals surface area contributed by atoms with Crippen molar-refractivity contribution >= 4 is 17.6 Å². The van der Waals surface area contributed by atoms with Crippen molar-refractivity contribution in [3.05, 3.63) is 30.1 Å². The van der Waals surface area contributed by atoms with Gasteiger partial charge >= 0.3 is 5.97 Å². The van der Waals surface area contributed by atoms with Crippen LogP contribution in [0.5, 0.6) is 0 Å². The number of hydrogen-bond donors (Lipinski definition) is 1. The number of rotatable bonds is 6. The van der Waals surface area contributed by atoms with Crippen LogP contribution in [-0.2, 0) is 14.3 Å². The Bertz CT molecular complexity index is 517. The number of amides is 1. The minimum atomic E-state index is -0.846. The van der Waals surface area contributed by atoms with Crippen LogP contribution in [-0.4, -0.2) is 31.1 Å². The number of hydrogen-bond acceptors (Lipinski definition) is 4. The lowest BCUT2D eigenvalue weighted by molar-refractivity contribution is -0.143. The number of nitrogens with zero attached hydrogens (tertiary/aromatic N) is 1. The Hall–Kier alpha value is -1.95. The van der Waals surface area contributed by atoms with E-state index >= 15 is 0 Å². The van der Waals surface area contributed by atoms with Crippen LogP contribution in [0.15, 0.2) is 24.3 Å². The molecule has 0 saturated carbocycles. The summed E-state index contributed by atoms with van der Waals surface area (Å²) in [5.41, 5.74) is 6.35. The number of nitrogens with two attached hydrogens (primary N) is 1. The van der Waals surface area contributed by atoms with Crippen LogP contribution in [0.2, 0.25) is 0 Å². The maximum absolute atomic E-state index is 13.1. The van der Waals surface area contributed by atoms with Gasteiger partial charge in [0.15, 0.2) is 0 Å². The summed E-state index contributed by atoms with van der Waals surface area (Å²) in [5, 5.41) is 0. The van der Waals surface area contributed by atoms with Gasteiger partial charge < -0.3 is 10.5 Å². The van der Waals surface area contributed by atoms with E-state index in [1.165, 1.54) is 36.3 Å². The fraction of sp³-hybridized carbons (Fsp3) is 0.500. The van der Waals surface area contributed by atoms with E-state index in [0.29, 0.717) is 12.1 Å². The molecule has 22 heavy (non-hydrogen) atoms. The first-order chi connectivity index (χ1) is 10.3. The Morgan fingerprint density at radius 2 is 1.77 bits per heavy atom. The van der Waals surface area contributed by atoms with Crippen LogP contribution in [0.3, 0.4) is 0 Å². The highest BCUT2D eigenvalue weighted by Gasteiger charge is 2.31. The third-order valence-electron chi connectivity index (χ3n) is 3.31. The van der Waals surface area contributed by atoms with Gasteiger partial charge in [0.2, 0.25) is 5.91 Å². The zero-order chi connectivity index (χ0) is 16.9. The van der Waals surface area contributed by atoms with E-state index in [9.17, 15) is 14.0 Å². The van der Waals surface area contributed by atoms with Crippen molar-refractivity contribution in [2.75, 3.05) is 12.0 Å². The first-order valence-electron chi connectivity index (χ1n) is 7.20. The number of anilines is 1. The second-order valence-electron chi connectivity index (χ2n) is 5.62. The van der Waals surface area contributed by atoms with Gasteiger partial charge in [-0.25, -0.2) is 9.18 Å². The fourth-order valence-corrected chi connectivity index (χ4v) is 2.21. The van der Waals surface area contributed by atoms with E-state index in [2.05, 4.69) is 0 Å². The number of halogens is 1. The Morgan fingerprint density at radius 3 is 2.23 bits per heavy atom. The smallest absolute Gasteiger partial charge is 0.328 e. The van der Waals surface area contributed by atoms with Gasteiger partial charge in [0.05, 0.1) is 13.2 Å². The van der Waals surface area contributed by atoms with Gasteiger partial charge in [-0.3, -0.25) is 9.69 Å². The maximum atomic E-state index is 13.1. The SMILES string of the molecule is COC(=O)[C@H](C)N(C(=O)[C@@H](N)CC(C)C)c1ccc(F)cc1. The zero-order valence-electron chi connectivity index (χ0n) is 13.4. The van der Waals surface area contributed by atoms with Crippen molar-refractivity contribution in [2.24, 2.45) is 11.7 Å². The Kier molecular flexibility index (Phi) is 6.49. The molecule has 122 valence electrons. The molecule has 1 amide bonds. The number of carbonyl (C=O) groups is 2. The van der Waals surface area contributed by atoms with E-state index in [4.69, 9.17) is 10.5 Å². The van der Waals surface area contributed by atoms with Crippen molar-refractivity contribution in [2.45, 2.75) is 39.3 Å². The van der Waals surface area contributed by atoms with Crippen LogP contribution in [0.25, 0.3) is 0 Å². The lowest BCUT2D eigenvalue weighted by Crippen LogP contribution is -2.51. The molecule has 1 aromatic carbocycles. The number of methoxy groups -OCH3 is 1. The van der Waals surface area contributed by atoms with Crippen molar-refractivity contribution in [1.29, 1.82) is 0 Å². The van der Waals surface area contributed by atoms with Crippen molar-refractivity contribution in [1.82, 2.24) is 0 Å². The second kappa shape index (κ2) is 7.89. The highest BCUT2D eigenvalue weighted by Crippen LogP contribution is 2.20. The van der Waals surface area contributed by atoms with Crippen molar-refractivity contribution < 1.29 is 18.7 Å². The Labute approximate surface area is 130 Å². The molecule has 0 aliphatic carbocycles. The molecule has 5 nitrogen and oxygen atoms in total. The van der Waals surface area contributed by atoms with E-state index in [-0.39, 0.29) is 5.92 Å². The summed E-state index contributed by atoms with van der Waals surface area (Å²) in [6, 6.07) is 3.75. The summed E-state index contributed by atoms with van der Waals surface area (Å²) >= 11 is 0. The van der Waals surface area contributed by atoms with Crippen LogP contribution >= 0.6 is 0 Å². The Balaban J connectivity index is 3.13. The standard InChI is InChI=1S/C16H23FN2O3/c1-10(2)9-14(18)15(20)19(11(3)16(21)22-4)13-7-5-12(17)6-8-13/h5-8,10-11,14H,9,18H2,1-4H3/t11-,14-/m0/s1. The molecular formula is C16H23FN2O3. The molecular weight excluding hydrogens is 287 g/mol. The van der Waals surface area contributed by atoms with Gasteiger partial charge in [-0.05, 0) is 43.5 Å².